The van der Waals surface area contributed by atoms with Gasteiger partial charge in [0.15, 0.2) is 0 Å². The number of nitrogens with two attached hydrogens (primary N) is 2. The first kappa shape index (κ1) is 7.50. The van der Waals surface area contributed by atoms with Crippen LogP contribution in [0, 0.1) is 10.8 Å². The molecular weight excluding hydrogens is 122 g/mol. The summed E-state index contributed by atoms with van der Waals surface area (Å²) < 4.78 is 0. The topological polar surface area (TPSA) is 136 Å². The summed E-state index contributed by atoms with van der Waals surface area (Å²) in [5.41, 5.74) is 16.2. The highest BCUT2D eigenvalue weighted by molar-refractivity contribution is 5.75. The molecule has 7 heteroatoms. The van der Waals surface area contributed by atoms with E-state index < -0.39 is 0 Å². The molecule has 0 aliphatic carbocycles. The van der Waals surface area contributed by atoms with Crippen molar-refractivity contribution in [2.45, 2.75) is 0 Å². The fraction of sp³-hybridized carbons (Fsp3) is 0. The smallest absolute Gasteiger partial charge is 0.201 e. The molecule has 0 aliphatic heterocycles. The van der Waals surface area contributed by atoms with Gasteiger partial charge in [-0.2, -0.15) is 0 Å². The molecule has 0 fully saturated rings. The molecule has 0 aromatic carbocycles. The normalized spacial score (nSPS) is 8.00. The Labute approximate surface area is 51.7 Å². The van der Waals surface area contributed by atoms with E-state index in [-0.39, 0.29) is 11.9 Å². The molecule has 0 spiro atoms. The Hall–Kier alpha value is -1.50. The van der Waals surface area contributed by atoms with E-state index in [1.54, 1.807) is 0 Å². The maximum atomic E-state index is 6.59. The van der Waals surface area contributed by atoms with E-state index in [4.69, 9.17) is 22.3 Å². The number of hydrazine groups is 2. The molecule has 9 N–H and O–H groups in total. The molecule has 0 radical (unpaired) electrons. The fourth-order valence-electron chi connectivity index (χ4n) is 0.166. The van der Waals surface area contributed by atoms with E-state index >= 15 is 0 Å². The Kier molecular flexibility index (Phi) is 2.91. The lowest BCUT2D eigenvalue weighted by Crippen LogP contribution is -2.53. The third-order valence-electron chi connectivity index (χ3n) is 0.394. The summed E-state index contributed by atoms with van der Waals surface area (Å²) in [6, 6.07) is 0. The van der Waals surface area contributed by atoms with Crippen molar-refractivity contribution in [3.05, 3.63) is 0 Å². The van der Waals surface area contributed by atoms with E-state index in [0.717, 1.165) is 0 Å². The fourth-order valence-corrected chi connectivity index (χ4v) is 0.166. The van der Waals surface area contributed by atoms with Crippen molar-refractivity contribution in [3.63, 3.8) is 0 Å². The minimum atomic E-state index is -0.260. The minimum Gasteiger partial charge on any atom is -0.369 e. The lowest BCUT2D eigenvalue weighted by molar-refractivity contribution is 0.603. The van der Waals surface area contributed by atoms with Gasteiger partial charge in [-0.1, -0.05) is 0 Å². The minimum absolute atomic E-state index is 0.260. The van der Waals surface area contributed by atoms with Gasteiger partial charge in [0.2, 0.25) is 11.9 Å². The van der Waals surface area contributed by atoms with Gasteiger partial charge in [-0.25, -0.2) is 0 Å². The number of guanidine groups is 2. The molecule has 0 rings (SSSR count). The van der Waals surface area contributed by atoms with E-state index in [1.165, 1.54) is 0 Å². The predicted molar refractivity (Wildman–Crippen MR) is 33.2 cm³/mol. The molecular formula is C2H9N7. The van der Waals surface area contributed by atoms with Crippen molar-refractivity contribution in [2.24, 2.45) is 11.5 Å². The molecule has 0 heterocycles. The standard InChI is InChI=1S/C2H9N7/c3-1(4)7-9-8-2(5)6/h9H,(H4,3,4,7)(H4,5,6,8). The van der Waals surface area contributed by atoms with Gasteiger partial charge in [-0.3, -0.25) is 21.7 Å². The lowest BCUT2D eigenvalue weighted by Gasteiger charge is -2.05. The summed E-state index contributed by atoms with van der Waals surface area (Å²) in [7, 11) is 0. The van der Waals surface area contributed by atoms with Crippen LogP contribution in [0.5, 0.6) is 0 Å². The summed E-state index contributed by atoms with van der Waals surface area (Å²) in [6.45, 7) is 0. The predicted octanol–water partition coefficient (Wildman–Crippen LogP) is -2.63. The van der Waals surface area contributed by atoms with Crippen molar-refractivity contribution in [2.75, 3.05) is 0 Å². The first-order valence-electron chi connectivity index (χ1n) is 2.08. The average molecular weight is 131 g/mol. The Morgan fingerprint density at radius 2 is 1.33 bits per heavy atom. The van der Waals surface area contributed by atoms with Gasteiger partial charge in [0.1, 0.15) is 0 Å². The zero-order chi connectivity index (χ0) is 7.28. The quantitative estimate of drug-likeness (QED) is 0.125. The molecule has 0 aromatic rings. The van der Waals surface area contributed by atoms with E-state index in [0.29, 0.717) is 0 Å². The van der Waals surface area contributed by atoms with Crippen LogP contribution in [0.3, 0.4) is 0 Å². The third kappa shape index (κ3) is 6.50. The van der Waals surface area contributed by atoms with Crippen LogP contribution in [0.2, 0.25) is 0 Å². The zero-order valence-electron chi connectivity index (χ0n) is 4.65. The van der Waals surface area contributed by atoms with Crippen LogP contribution in [-0.4, -0.2) is 11.9 Å². The molecule has 9 heavy (non-hydrogen) atoms. The highest BCUT2D eigenvalue weighted by atomic mass is 15.6. The number of hydrogen-bond donors (Lipinski definition) is 7. The Morgan fingerprint density at radius 1 is 1.00 bits per heavy atom. The second-order valence-corrected chi connectivity index (χ2v) is 1.20. The number of nitrogens with one attached hydrogen (secondary N) is 5. The van der Waals surface area contributed by atoms with E-state index in [9.17, 15) is 0 Å². The molecule has 0 saturated carbocycles. The number of hydrogen-bond acceptors (Lipinski definition) is 3. The Morgan fingerprint density at radius 3 is 1.56 bits per heavy atom. The molecule has 7 nitrogen and oxygen atoms in total. The van der Waals surface area contributed by atoms with Crippen molar-refractivity contribution in [1.29, 1.82) is 10.8 Å². The van der Waals surface area contributed by atoms with Crippen LogP contribution < -0.4 is 27.9 Å². The second kappa shape index (κ2) is 3.50. The summed E-state index contributed by atoms with van der Waals surface area (Å²) >= 11 is 0. The highest BCUT2D eigenvalue weighted by Gasteiger charge is 1.83. The van der Waals surface area contributed by atoms with Gasteiger partial charge in [-0.05, 0) is 0 Å². The Balaban J connectivity index is 3.10. The second-order valence-electron chi connectivity index (χ2n) is 1.20. The first-order valence-corrected chi connectivity index (χ1v) is 2.08. The zero-order valence-corrected chi connectivity index (χ0v) is 4.65. The Bertz CT molecular complexity index is 102. The van der Waals surface area contributed by atoms with E-state index in [2.05, 4.69) is 16.4 Å². The summed E-state index contributed by atoms with van der Waals surface area (Å²) in [5, 5.41) is 13.2. The monoisotopic (exact) mass is 131 g/mol. The van der Waals surface area contributed by atoms with Crippen LogP contribution in [0.1, 0.15) is 0 Å². The molecule has 0 bridgehead atoms. The molecule has 52 valence electrons. The van der Waals surface area contributed by atoms with Crippen LogP contribution in [-0.2, 0) is 0 Å². The van der Waals surface area contributed by atoms with Crippen LogP contribution in [0.4, 0.5) is 0 Å². The molecule has 0 aromatic heterocycles. The van der Waals surface area contributed by atoms with Crippen LogP contribution in [0.25, 0.3) is 0 Å². The van der Waals surface area contributed by atoms with Crippen molar-refractivity contribution in [3.8, 4) is 0 Å². The lowest BCUT2D eigenvalue weighted by atomic mass is 11.1. The summed E-state index contributed by atoms with van der Waals surface area (Å²) in [5.74, 6) is -0.521. The molecule has 0 amide bonds. The van der Waals surface area contributed by atoms with Gasteiger partial charge in [0.05, 0.1) is 0 Å². The highest BCUT2D eigenvalue weighted by Crippen LogP contribution is 1.40. The van der Waals surface area contributed by atoms with Crippen LogP contribution in [0.15, 0.2) is 0 Å². The van der Waals surface area contributed by atoms with Gasteiger partial charge < -0.3 is 11.5 Å². The van der Waals surface area contributed by atoms with Gasteiger partial charge >= 0.3 is 0 Å². The summed E-state index contributed by atoms with van der Waals surface area (Å²) in [6.07, 6.45) is 0. The maximum absolute atomic E-state index is 6.59. The first-order chi connectivity index (χ1) is 4.13. The molecule has 0 atom stereocenters. The average Bonchev–Trinajstić information content (AvgIpc) is 1.63. The van der Waals surface area contributed by atoms with Crippen molar-refractivity contribution >= 4 is 11.9 Å². The molecule has 0 aliphatic rings. The largest absolute Gasteiger partial charge is 0.369 e. The van der Waals surface area contributed by atoms with Crippen molar-refractivity contribution < 1.29 is 0 Å². The van der Waals surface area contributed by atoms with Crippen molar-refractivity contribution in [1.82, 2.24) is 16.4 Å². The van der Waals surface area contributed by atoms with E-state index in [1.807, 2.05) is 0 Å². The third-order valence-corrected chi connectivity index (χ3v) is 0.394. The van der Waals surface area contributed by atoms with Gasteiger partial charge in [-0.15, -0.1) is 5.53 Å². The van der Waals surface area contributed by atoms with Gasteiger partial charge in [0.25, 0.3) is 0 Å². The SMILES string of the molecule is N=C(N)NNNC(=N)N. The number of rotatable bonds is 2. The van der Waals surface area contributed by atoms with Crippen LogP contribution >= 0.6 is 0 Å². The van der Waals surface area contributed by atoms with Gasteiger partial charge in [0, 0.05) is 0 Å². The summed E-state index contributed by atoms with van der Waals surface area (Å²) in [4.78, 5) is 0. The maximum Gasteiger partial charge on any atom is 0.201 e. The molecule has 0 unspecified atom stereocenters. The molecule has 0 saturated heterocycles.